The summed E-state index contributed by atoms with van der Waals surface area (Å²) in [6, 6.07) is 5.29. The number of piperidine rings is 1. The molecule has 1 aromatic carbocycles. The van der Waals surface area contributed by atoms with Crippen molar-refractivity contribution in [3.8, 4) is 11.5 Å². The average Bonchev–Trinajstić information content (AvgIpc) is 2.79. The maximum absolute atomic E-state index is 12.8. The minimum atomic E-state index is -0.0917. The summed E-state index contributed by atoms with van der Waals surface area (Å²) in [6.45, 7) is 6.43. The Morgan fingerprint density at radius 1 is 1.20 bits per heavy atom. The Morgan fingerprint density at radius 2 is 1.87 bits per heavy atom. The molecule has 1 heterocycles. The predicted octanol–water partition coefficient (Wildman–Crippen LogP) is 2.54. The number of likely N-dealkylation sites (N-methyl/N-ethyl adjacent to an activating group) is 1. The number of carbonyl (C=O) groups is 2. The number of benzene rings is 1. The van der Waals surface area contributed by atoms with Crippen molar-refractivity contribution in [1.82, 2.24) is 15.1 Å². The van der Waals surface area contributed by atoms with Crippen molar-refractivity contribution in [1.29, 1.82) is 0 Å². The quantitative estimate of drug-likeness (QED) is 0.738. The number of hydrogen-bond acceptors (Lipinski definition) is 5. The van der Waals surface area contributed by atoms with Crippen LogP contribution in [-0.4, -0.2) is 74.6 Å². The van der Waals surface area contributed by atoms with Gasteiger partial charge in [-0.2, -0.15) is 0 Å². The molecule has 1 saturated heterocycles. The second-order valence-corrected chi connectivity index (χ2v) is 8.57. The fourth-order valence-electron chi connectivity index (χ4n) is 4.64. The lowest BCUT2D eigenvalue weighted by Gasteiger charge is -2.54. The summed E-state index contributed by atoms with van der Waals surface area (Å²) >= 11 is 0. The Hall–Kier alpha value is -2.28. The first-order chi connectivity index (χ1) is 14.3. The van der Waals surface area contributed by atoms with E-state index in [1.54, 1.807) is 32.4 Å². The molecular weight excluding hydrogens is 382 g/mol. The van der Waals surface area contributed by atoms with Crippen LogP contribution in [0.3, 0.4) is 0 Å². The molecule has 7 nitrogen and oxygen atoms in total. The maximum Gasteiger partial charge on any atom is 0.251 e. The normalized spacial score (nSPS) is 21.1. The van der Waals surface area contributed by atoms with Crippen LogP contribution in [0.25, 0.3) is 0 Å². The predicted molar refractivity (Wildman–Crippen MR) is 116 cm³/mol. The number of nitrogens with one attached hydrogen (secondary N) is 1. The third kappa shape index (κ3) is 4.26. The van der Waals surface area contributed by atoms with Crippen LogP contribution in [0.2, 0.25) is 0 Å². The molecule has 2 fully saturated rings. The van der Waals surface area contributed by atoms with Gasteiger partial charge < -0.3 is 19.7 Å². The Bertz CT molecular complexity index is 774. The largest absolute Gasteiger partial charge is 0.493 e. The van der Waals surface area contributed by atoms with Gasteiger partial charge in [0.15, 0.2) is 11.5 Å². The standard InChI is InChI=1S/C23H35N3O4/c1-6-25(3)16(2)22(28)26-13-11-23(12-14-26)10-9-20(23)24-21(27)17-7-8-18(29-4)19(15-17)30-5/h7-8,15-16,20H,6,9-14H2,1-5H3,(H,24,27). The molecule has 1 spiro atoms. The molecule has 1 aliphatic carbocycles. The first-order valence-corrected chi connectivity index (χ1v) is 10.9. The second-order valence-electron chi connectivity index (χ2n) is 8.57. The molecule has 1 N–H and O–H groups in total. The summed E-state index contributed by atoms with van der Waals surface area (Å²) in [5.74, 6) is 1.27. The van der Waals surface area contributed by atoms with E-state index in [9.17, 15) is 9.59 Å². The van der Waals surface area contributed by atoms with E-state index in [1.165, 1.54) is 0 Å². The third-order valence-electron chi connectivity index (χ3n) is 7.21. The lowest BCUT2D eigenvalue weighted by atomic mass is 9.59. The molecule has 30 heavy (non-hydrogen) atoms. The number of ether oxygens (including phenoxy) is 2. The van der Waals surface area contributed by atoms with Crippen molar-refractivity contribution in [2.45, 2.75) is 51.6 Å². The van der Waals surface area contributed by atoms with Crippen molar-refractivity contribution in [3.05, 3.63) is 23.8 Å². The first-order valence-electron chi connectivity index (χ1n) is 10.9. The summed E-state index contributed by atoms with van der Waals surface area (Å²) in [6.07, 6.45) is 3.98. The Kier molecular flexibility index (Phi) is 6.91. The number of carbonyl (C=O) groups excluding carboxylic acids is 2. The summed E-state index contributed by atoms with van der Waals surface area (Å²) in [5.41, 5.74) is 0.682. The molecule has 0 aromatic heterocycles. The Labute approximate surface area is 179 Å². The van der Waals surface area contributed by atoms with Gasteiger partial charge in [0.1, 0.15) is 0 Å². The van der Waals surface area contributed by atoms with Crippen molar-refractivity contribution in [2.24, 2.45) is 5.41 Å². The van der Waals surface area contributed by atoms with E-state index < -0.39 is 0 Å². The lowest BCUT2D eigenvalue weighted by molar-refractivity contribution is -0.140. The molecule has 1 saturated carbocycles. The van der Waals surface area contributed by atoms with E-state index in [0.717, 1.165) is 45.3 Å². The van der Waals surface area contributed by atoms with Crippen LogP contribution in [0.1, 0.15) is 49.9 Å². The summed E-state index contributed by atoms with van der Waals surface area (Å²) in [4.78, 5) is 29.7. The monoisotopic (exact) mass is 417 g/mol. The molecule has 2 unspecified atom stereocenters. The van der Waals surface area contributed by atoms with Gasteiger partial charge in [-0.3, -0.25) is 14.5 Å². The summed E-state index contributed by atoms with van der Waals surface area (Å²) < 4.78 is 10.6. The van der Waals surface area contributed by atoms with Crippen LogP contribution in [0.4, 0.5) is 0 Å². The zero-order chi connectivity index (χ0) is 21.9. The number of nitrogens with zero attached hydrogens (tertiary/aromatic N) is 2. The highest BCUT2D eigenvalue weighted by Crippen LogP contribution is 2.49. The van der Waals surface area contributed by atoms with Crippen LogP contribution in [0.5, 0.6) is 11.5 Å². The number of methoxy groups -OCH3 is 2. The van der Waals surface area contributed by atoms with Crippen LogP contribution in [-0.2, 0) is 4.79 Å². The van der Waals surface area contributed by atoms with Gasteiger partial charge in [-0.25, -0.2) is 0 Å². The fraction of sp³-hybridized carbons (Fsp3) is 0.652. The molecule has 1 aliphatic heterocycles. The van der Waals surface area contributed by atoms with Gasteiger partial charge in [0.25, 0.3) is 5.91 Å². The molecule has 3 rings (SSSR count). The van der Waals surface area contributed by atoms with E-state index in [-0.39, 0.29) is 29.3 Å². The molecule has 2 amide bonds. The van der Waals surface area contributed by atoms with E-state index in [4.69, 9.17) is 9.47 Å². The Morgan fingerprint density at radius 3 is 2.40 bits per heavy atom. The number of likely N-dealkylation sites (tertiary alicyclic amines) is 1. The van der Waals surface area contributed by atoms with Crippen molar-refractivity contribution in [3.63, 3.8) is 0 Å². The van der Waals surface area contributed by atoms with E-state index in [2.05, 4.69) is 17.1 Å². The van der Waals surface area contributed by atoms with E-state index >= 15 is 0 Å². The van der Waals surface area contributed by atoms with Crippen LogP contribution < -0.4 is 14.8 Å². The highest BCUT2D eigenvalue weighted by Gasteiger charge is 2.49. The maximum atomic E-state index is 12.8. The lowest BCUT2D eigenvalue weighted by Crippen LogP contribution is -2.60. The zero-order valence-corrected chi connectivity index (χ0v) is 18.9. The molecule has 2 atom stereocenters. The van der Waals surface area contributed by atoms with Crippen molar-refractivity contribution in [2.75, 3.05) is 40.9 Å². The molecule has 0 radical (unpaired) electrons. The molecule has 166 valence electrons. The Balaban J connectivity index is 1.59. The van der Waals surface area contributed by atoms with Gasteiger partial charge in [-0.1, -0.05) is 6.92 Å². The molecule has 2 aliphatic rings. The summed E-state index contributed by atoms with van der Waals surface area (Å²) in [7, 11) is 5.13. The third-order valence-corrected chi connectivity index (χ3v) is 7.21. The van der Waals surface area contributed by atoms with Crippen LogP contribution in [0.15, 0.2) is 18.2 Å². The number of hydrogen-bond donors (Lipinski definition) is 1. The first kappa shape index (κ1) is 22.4. The summed E-state index contributed by atoms with van der Waals surface area (Å²) in [5, 5.41) is 3.23. The van der Waals surface area contributed by atoms with Gasteiger partial charge in [0, 0.05) is 24.7 Å². The fourth-order valence-corrected chi connectivity index (χ4v) is 4.64. The van der Waals surface area contributed by atoms with Crippen LogP contribution in [0, 0.1) is 5.41 Å². The van der Waals surface area contributed by atoms with Gasteiger partial charge >= 0.3 is 0 Å². The van der Waals surface area contributed by atoms with Crippen LogP contribution >= 0.6 is 0 Å². The van der Waals surface area contributed by atoms with Gasteiger partial charge in [0.05, 0.1) is 20.3 Å². The molecule has 1 aromatic rings. The van der Waals surface area contributed by atoms with E-state index in [1.807, 2.05) is 18.9 Å². The topological polar surface area (TPSA) is 71.1 Å². The second kappa shape index (κ2) is 9.25. The van der Waals surface area contributed by atoms with Gasteiger partial charge in [-0.05, 0) is 69.8 Å². The minimum Gasteiger partial charge on any atom is -0.493 e. The highest BCUT2D eigenvalue weighted by molar-refractivity contribution is 5.95. The highest BCUT2D eigenvalue weighted by atomic mass is 16.5. The minimum absolute atomic E-state index is 0.0864. The molecule has 7 heteroatoms. The zero-order valence-electron chi connectivity index (χ0n) is 18.9. The average molecular weight is 418 g/mol. The SMILES string of the molecule is CCN(C)C(C)C(=O)N1CCC2(CCC2NC(=O)c2ccc(OC)c(OC)c2)CC1. The number of amides is 2. The van der Waals surface area contributed by atoms with Gasteiger partial charge in [-0.15, -0.1) is 0 Å². The van der Waals surface area contributed by atoms with Crippen molar-refractivity contribution >= 4 is 11.8 Å². The number of rotatable bonds is 7. The molecule has 0 bridgehead atoms. The van der Waals surface area contributed by atoms with Gasteiger partial charge in [0.2, 0.25) is 5.91 Å². The van der Waals surface area contributed by atoms with E-state index in [0.29, 0.717) is 17.1 Å². The molecular formula is C23H35N3O4. The smallest absolute Gasteiger partial charge is 0.251 e. The van der Waals surface area contributed by atoms with Crippen molar-refractivity contribution < 1.29 is 19.1 Å².